The number of rotatable bonds is 12. The number of furan rings is 1. The van der Waals surface area contributed by atoms with Crippen LogP contribution in [-0.4, -0.2) is 48.0 Å². The average molecular weight is 444 g/mol. The summed E-state index contributed by atoms with van der Waals surface area (Å²) in [7, 11) is 0. The number of hydrogen-bond acceptors (Lipinski definition) is 7. The Kier molecular flexibility index (Phi) is 8.61. The van der Waals surface area contributed by atoms with Crippen molar-refractivity contribution in [1.29, 1.82) is 0 Å². The number of carbonyl (C=O) groups excluding carboxylic acids is 2. The first kappa shape index (κ1) is 23.0. The molecule has 0 aliphatic rings. The van der Waals surface area contributed by atoms with Gasteiger partial charge in [-0.3, -0.25) is 14.5 Å². The number of aryl methyl sites for hydroxylation is 1. The van der Waals surface area contributed by atoms with Gasteiger partial charge in [0.15, 0.2) is 6.61 Å². The molecule has 31 heavy (non-hydrogen) atoms. The topological polar surface area (TPSA) is 84.7 Å². The second kappa shape index (κ2) is 11.6. The summed E-state index contributed by atoms with van der Waals surface area (Å²) >= 11 is 1.64. The number of nitrogens with one attached hydrogen (secondary N) is 1. The minimum atomic E-state index is -0.373. The summed E-state index contributed by atoms with van der Waals surface area (Å²) in [5.41, 5.74) is 0.985. The summed E-state index contributed by atoms with van der Waals surface area (Å²) in [6, 6.07) is 11.7. The van der Waals surface area contributed by atoms with Crippen molar-refractivity contribution in [2.24, 2.45) is 0 Å². The van der Waals surface area contributed by atoms with Gasteiger partial charge < -0.3 is 14.5 Å². The van der Waals surface area contributed by atoms with Gasteiger partial charge in [0.2, 0.25) is 0 Å². The molecule has 1 atom stereocenters. The van der Waals surface area contributed by atoms with E-state index in [1.165, 1.54) is 0 Å². The van der Waals surface area contributed by atoms with Crippen molar-refractivity contribution in [2.75, 3.05) is 26.2 Å². The number of benzene rings is 1. The zero-order valence-corrected chi connectivity index (χ0v) is 18.8. The number of likely N-dealkylation sites (N-methyl/N-ethyl adjacent to an activating group) is 1. The predicted molar refractivity (Wildman–Crippen MR) is 121 cm³/mol. The van der Waals surface area contributed by atoms with Gasteiger partial charge in [0.05, 0.1) is 27.5 Å². The van der Waals surface area contributed by atoms with E-state index in [0.29, 0.717) is 13.0 Å². The number of thiazole rings is 1. The number of amides is 1. The highest BCUT2D eigenvalue weighted by atomic mass is 32.1. The maximum absolute atomic E-state index is 12.2. The Morgan fingerprint density at radius 1 is 1.19 bits per heavy atom. The molecule has 1 aromatic carbocycles. The molecule has 8 heteroatoms. The molecule has 166 valence electrons. The fourth-order valence-corrected chi connectivity index (χ4v) is 4.45. The fourth-order valence-electron chi connectivity index (χ4n) is 3.45. The fraction of sp³-hybridized carbons (Fsp3) is 0.435. The van der Waals surface area contributed by atoms with Crippen LogP contribution in [0.5, 0.6) is 0 Å². The molecule has 0 radical (unpaired) electrons. The summed E-state index contributed by atoms with van der Waals surface area (Å²) in [6.07, 6.45) is 3.25. The van der Waals surface area contributed by atoms with Gasteiger partial charge in [-0.15, -0.1) is 11.3 Å². The Labute approximate surface area is 186 Å². The van der Waals surface area contributed by atoms with Crippen LogP contribution in [0.2, 0.25) is 0 Å². The summed E-state index contributed by atoms with van der Waals surface area (Å²) in [5, 5.41) is 3.85. The lowest BCUT2D eigenvalue weighted by molar-refractivity contribution is -0.148. The molecule has 3 aromatic rings. The summed E-state index contributed by atoms with van der Waals surface area (Å²) < 4.78 is 11.8. The van der Waals surface area contributed by atoms with E-state index < -0.39 is 0 Å². The van der Waals surface area contributed by atoms with Crippen LogP contribution in [0.25, 0.3) is 10.2 Å². The number of esters is 1. The molecule has 0 aliphatic heterocycles. The molecule has 0 aliphatic carbocycles. The standard InChI is InChI=1S/C23H29N3O4S/c1-3-26(4-2)18(19-10-8-14-29-19)15-24-21(27)16-30-23(28)13-7-12-22-25-17-9-5-6-11-20(17)31-22/h5-6,8-11,14,18H,3-4,7,12-13,15-16H2,1-2H3,(H,24,27)/t18-/m1/s1. The van der Waals surface area contributed by atoms with Gasteiger partial charge >= 0.3 is 5.97 Å². The quantitative estimate of drug-likeness (QED) is 0.427. The SMILES string of the molecule is CCN(CC)[C@H](CNC(=O)COC(=O)CCCc1nc2ccccc2s1)c1ccco1. The third-order valence-electron chi connectivity index (χ3n) is 5.09. The maximum atomic E-state index is 12.2. The van der Waals surface area contributed by atoms with Crippen LogP contribution in [0.15, 0.2) is 47.1 Å². The lowest BCUT2D eigenvalue weighted by Gasteiger charge is -2.28. The van der Waals surface area contributed by atoms with Gasteiger partial charge in [-0.05, 0) is 50.2 Å². The molecule has 1 amide bonds. The Bertz CT molecular complexity index is 933. The van der Waals surface area contributed by atoms with Crippen molar-refractivity contribution < 1.29 is 18.7 Å². The lowest BCUT2D eigenvalue weighted by atomic mass is 10.2. The third-order valence-corrected chi connectivity index (χ3v) is 6.19. The van der Waals surface area contributed by atoms with E-state index >= 15 is 0 Å². The zero-order valence-electron chi connectivity index (χ0n) is 18.0. The monoisotopic (exact) mass is 443 g/mol. The zero-order chi connectivity index (χ0) is 22.1. The molecule has 3 rings (SSSR count). The van der Waals surface area contributed by atoms with Crippen LogP contribution in [-0.2, 0) is 20.7 Å². The van der Waals surface area contributed by atoms with E-state index in [1.807, 2.05) is 36.4 Å². The Morgan fingerprint density at radius 3 is 2.71 bits per heavy atom. The van der Waals surface area contributed by atoms with Crippen molar-refractivity contribution >= 4 is 33.4 Å². The summed E-state index contributed by atoms with van der Waals surface area (Å²) in [4.78, 5) is 30.9. The van der Waals surface area contributed by atoms with Crippen molar-refractivity contribution in [3.63, 3.8) is 0 Å². The van der Waals surface area contributed by atoms with E-state index in [1.54, 1.807) is 17.6 Å². The first-order chi connectivity index (χ1) is 15.1. The molecule has 0 fully saturated rings. The molecule has 7 nitrogen and oxygen atoms in total. The van der Waals surface area contributed by atoms with E-state index in [9.17, 15) is 9.59 Å². The summed E-state index contributed by atoms with van der Waals surface area (Å²) in [6.45, 7) is 5.92. The number of ether oxygens (including phenoxy) is 1. The van der Waals surface area contributed by atoms with Crippen molar-refractivity contribution in [2.45, 2.75) is 39.2 Å². The molecule has 0 spiro atoms. The maximum Gasteiger partial charge on any atom is 0.306 e. The van der Waals surface area contributed by atoms with E-state index in [4.69, 9.17) is 9.15 Å². The second-order valence-electron chi connectivity index (χ2n) is 7.15. The van der Waals surface area contributed by atoms with E-state index in [-0.39, 0.29) is 30.9 Å². The molecular formula is C23H29N3O4S. The number of carbonyl (C=O) groups is 2. The largest absolute Gasteiger partial charge is 0.468 e. The van der Waals surface area contributed by atoms with Crippen LogP contribution < -0.4 is 5.32 Å². The van der Waals surface area contributed by atoms with Crippen molar-refractivity contribution in [3.05, 3.63) is 53.4 Å². The highest BCUT2D eigenvalue weighted by molar-refractivity contribution is 7.18. The third kappa shape index (κ3) is 6.63. The first-order valence-corrected chi connectivity index (χ1v) is 11.5. The minimum absolute atomic E-state index is 0.0570. The second-order valence-corrected chi connectivity index (χ2v) is 8.26. The Morgan fingerprint density at radius 2 is 2.00 bits per heavy atom. The van der Waals surface area contributed by atoms with E-state index in [0.717, 1.165) is 40.5 Å². The van der Waals surface area contributed by atoms with Gasteiger partial charge in [-0.1, -0.05) is 26.0 Å². The lowest BCUT2D eigenvalue weighted by Crippen LogP contribution is -2.39. The van der Waals surface area contributed by atoms with Crippen LogP contribution in [0.3, 0.4) is 0 Å². The van der Waals surface area contributed by atoms with Gasteiger partial charge in [0, 0.05) is 13.0 Å². The van der Waals surface area contributed by atoms with Crippen LogP contribution in [0.4, 0.5) is 0 Å². The highest BCUT2D eigenvalue weighted by Crippen LogP contribution is 2.23. The number of hydrogen-bond donors (Lipinski definition) is 1. The summed E-state index contributed by atoms with van der Waals surface area (Å²) in [5.74, 6) is 0.113. The van der Waals surface area contributed by atoms with Crippen LogP contribution in [0, 0.1) is 0 Å². The van der Waals surface area contributed by atoms with Gasteiger partial charge in [0.1, 0.15) is 5.76 Å². The molecule has 0 bridgehead atoms. The van der Waals surface area contributed by atoms with E-state index in [2.05, 4.69) is 29.0 Å². The normalized spacial score (nSPS) is 12.2. The molecular weight excluding hydrogens is 414 g/mol. The Hall–Kier alpha value is -2.71. The molecule has 0 saturated heterocycles. The van der Waals surface area contributed by atoms with Gasteiger partial charge in [0.25, 0.3) is 5.91 Å². The molecule has 0 saturated carbocycles. The Balaban J connectivity index is 1.37. The van der Waals surface area contributed by atoms with Crippen LogP contribution in [0.1, 0.15) is 43.5 Å². The number of para-hydroxylation sites is 1. The number of aromatic nitrogens is 1. The molecule has 2 heterocycles. The van der Waals surface area contributed by atoms with Crippen LogP contribution >= 0.6 is 11.3 Å². The average Bonchev–Trinajstić information content (AvgIpc) is 3.44. The molecule has 1 N–H and O–H groups in total. The predicted octanol–water partition coefficient (Wildman–Crippen LogP) is 3.95. The van der Waals surface area contributed by atoms with Crippen molar-refractivity contribution in [1.82, 2.24) is 15.2 Å². The van der Waals surface area contributed by atoms with Crippen molar-refractivity contribution in [3.8, 4) is 0 Å². The van der Waals surface area contributed by atoms with Gasteiger partial charge in [-0.2, -0.15) is 0 Å². The number of fused-ring (bicyclic) bond motifs is 1. The molecule has 2 aromatic heterocycles. The molecule has 0 unspecified atom stereocenters. The highest BCUT2D eigenvalue weighted by Gasteiger charge is 2.21. The number of nitrogens with zero attached hydrogens (tertiary/aromatic N) is 2. The van der Waals surface area contributed by atoms with Gasteiger partial charge in [-0.25, -0.2) is 4.98 Å². The smallest absolute Gasteiger partial charge is 0.306 e. The first-order valence-electron chi connectivity index (χ1n) is 10.6. The minimum Gasteiger partial charge on any atom is -0.468 e.